The third-order valence-electron chi connectivity index (χ3n) is 4.44. The largest absolute Gasteiger partial charge is 0.356 e. The van der Waals surface area contributed by atoms with Crippen LogP contribution in [0.15, 0.2) is 12.5 Å². The van der Waals surface area contributed by atoms with Crippen molar-refractivity contribution in [2.75, 3.05) is 18.0 Å². The fourth-order valence-corrected chi connectivity index (χ4v) is 3.18. The number of aryl methyl sites for hydroxylation is 1. The van der Waals surface area contributed by atoms with Crippen molar-refractivity contribution in [1.82, 2.24) is 30.4 Å². The molecule has 1 spiro atoms. The third kappa shape index (κ3) is 1.74. The van der Waals surface area contributed by atoms with E-state index >= 15 is 0 Å². The highest BCUT2D eigenvalue weighted by Crippen LogP contribution is 2.30. The number of carbonyl (C=O) groups is 2. The molecular formula is C13H15N7O2. The monoisotopic (exact) mass is 301 g/mol. The van der Waals surface area contributed by atoms with Crippen molar-refractivity contribution in [3.8, 4) is 0 Å². The number of rotatable bonds is 1. The summed E-state index contributed by atoms with van der Waals surface area (Å²) < 4.78 is 1.70. The lowest BCUT2D eigenvalue weighted by molar-refractivity contribution is -0.124. The molecule has 4 rings (SSSR count). The summed E-state index contributed by atoms with van der Waals surface area (Å²) in [5, 5.41) is 10.2. The van der Waals surface area contributed by atoms with Gasteiger partial charge in [-0.2, -0.15) is 5.10 Å². The average molecular weight is 301 g/mol. The molecule has 2 fully saturated rings. The average Bonchev–Trinajstić information content (AvgIpc) is 3.01. The number of hydrogen-bond donors (Lipinski definition) is 2. The van der Waals surface area contributed by atoms with Gasteiger partial charge in [0.05, 0.1) is 11.6 Å². The van der Waals surface area contributed by atoms with Gasteiger partial charge in [0, 0.05) is 20.1 Å². The standard InChI is InChI=1S/C13H15N7O2/c1-19-9-8(6-16-19)10(15-7-14-9)20-4-2-13(3-5-20)11(21)17-12(22)18-13/h6-7H,2-5H2,1H3,(H2,17,18,21,22). The van der Waals surface area contributed by atoms with Gasteiger partial charge in [0.1, 0.15) is 17.7 Å². The molecule has 0 atom stereocenters. The fraction of sp³-hybridized carbons (Fsp3) is 0.462. The lowest BCUT2D eigenvalue weighted by atomic mass is 9.87. The highest BCUT2D eigenvalue weighted by molar-refractivity contribution is 6.07. The first-order valence-electron chi connectivity index (χ1n) is 7.10. The Labute approximate surface area is 125 Å². The molecule has 2 aromatic rings. The van der Waals surface area contributed by atoms with Crippen molar-refractivity contribution in [3.05, 3.63) is 12.5 Å². The SMILES string of the molecule is Cn1ncc2c(N3CCC4(CC3)NC(=O)NC4=O)ncnc21. The van der Waals surface area contributed by atoms with E-state index in [-0.39, 0.29) is 5.91 Å². The second-order valence-corrected chi connectivity index (χ2v) is 5.68. The predicted molar refractivity (Wildman–Crippen MR) is 77.2 cm³/mol. The number of hydrogen-bond acceptors (Lipinski definition) is 6. The van der Waals surface area contributed by atoms with Crippen LogP contribution in [0.5, 0.6) is 0 Å². The molecule has 114 valence electrons. The minimum atomic E-state index is -0.769. The van der Waals surface area contributed by atoms with E-state index < -0.39 is 11.6 Å². The molecule has 0 radical (unpaired) electrons. The Kier molecular flexibility index (Phi) is 2.59. The summed E-state index contributed by atoms with van der Waals surface area (Å²) in [6, 6.07) is -0.407. The zero-order valence-electron chi connectivity index (χ0n) is 12.0. The van der Waals surface area contributed by atoms with Crippen molar-refractivity contribution in [2.45, 2.75) is 18.4 Å². The quantitative estimate of drug-likeness (QED) is 0.691. The molecule has 9 heteroatoms. The van der Waals surface area contributed by atoms with Gasteiger partial charge in [-0.15, -0.1) is 0 Å². The maximum Gasteiger partial charge on any atom is 0.322 e. The van der Waals surface area contributed by atoms with Crippen molar-refractivity contribution in [2.24, 2.45) is 7.05 Å². The zero-order valence-corrected chi connectivity index (χ0v) is 12.0. The summed E-state index contributed by atoms with van der Waals surface area (Å²) in [7, 11) is 1.84. The highest BCUT2D eigenvalue weighted by Gasteiger charge is 2.48. The number of urea groups is 1. The Bertz CT molecular complexity index is 776. The first-order valence-corrected chi connectivity index (χ1v) is 7.10. The molecule has 4 heterocycles. The van der Waals surface area contributed by atoms with Crippen LogP contribution in [0.2, 0.25) is 0 Å². The lowest BCUT2D eigenvalue weighted by Gasteiger charge is -2.37. The number of fused-ring (bicyclic) bond motifs is 1. The van der Waals surface area contributed by atoms with Crippen molar-refractivity contribution in [3.63, 3.8) is 0 Å². The van der Waals surface area contributed by atoms with Crippen LogP contribution < -0.4 is 15.5 Å². The Balaban J connectivity index is 1.61. The minimum Gasteiger partial charge on any atom is -0.356 e. The van der Waals surface area contributed by atoms with Crippen LogP contribution in [-0.4, -0.2) is 50.3 Å². The summed E-state index contributed by atoms with van der Waals surface area (Å²) in [4.78, 5) is 34.0. The molecule has 2 saturated heterocycles. The van der Waals surface area contributed by atoms with E-state index in [4.69, 9.17) is 0 Å². The molecule has 2 N–H and O–H groups in total. The number of anilines is 1. The Morgan fingerprint density at radius 1 is 1.23 bits per heavy atom. The lowest BCUT2D eigenvalue weighted by Crippen LogP contribution is -2.55. The van der Waals surface area contributed by atoms with Crippen LogP contribution in [0.4, 0.5) is 10.6 Å². The van der Waals surface area contributed by atoms with E-state index in [9.17, 15) is 9.59 Å². The molecule has 0 bridgehead atoms. The van der Waals surface area contributed by atoms with E-state index in [2.05, 4.69) is 30.6 Å². The molecule has 0 aliphatic carbocycles. The van der Waals surface area contributed by atoms with Gasteiger partial charge in [0.25, 0.3) is 5.91 Å². The number of aromatic nitrogens is 4. The van der Waals surface area contributed by atoms with Crippen molar-refractivity contribution in [1.29, 1.82) is 0 Å². The van der Waals surface area contributed by atoms with Crippen LogP contribution in [0, 0.1) is 0 Å². The van der Waals surface area contributed by atoms with Gasteiger partial charge >= 0.3 is 6.03 Å². The van der Waals surface area contributed by atoms with E-state index in [0.29, 0.717) is 25.9 Å². The van der Waals surface area contributed by atoms with Crippen LogP contribution in [-0.2, 0) is 11.8 Å². The number of nitrogens with one attached hydrogen (secondary N) is 2. The smallest absolute Gasteiger partial charge is 0.322 e. The number of piperidine rings is 1. The highest BCUT2D eigenvalue weighted by atomic mass is 16.2. The summed E-state index contributed by atoms with van der Waals surface area (Å²) in [5.41, 5.74) is 0.00600. The second kappa shape index (κ2) is 4.39. The van der Waals surface area contributed by atoms with Gasteiger partial charge < -0.3 is 10.2 Å². The van der Waals surface area contributed by atoms with Crippen molar-refractivity contribution >= 4 is 28.8 Å². The molecule has 2 aromatic heterocycles. The minimum absolute atomic E-state index is 0.230. The molecule has 9 nitrogen and oxygen atoms in total. The number of amides is 3. The predicted octanol–water partition coefficient (Wildman–Crippen LogP) is -0.458. The number of nitrogens with zero attached hydrogens (tertiary/aromatic N) is 5. The van der Waals surface area contributed by atoms with Crippen LogP contribution >= 0.6 is 0 Å². The first kappa shape index (κ1) is 13.0. The normalized spacial score (nSPS) is 20.5. The third-order valence-corrected chi connectivity index (χ3v) is 4.44. The summed E-state index contributed by atoms with van der Waals surface area (Å²) >= 11 is 0. The fourth-order valence-electron chi connectivity index (χ4n) is 3.18. The van der Waals surface area contributed by atoms with Gasteiger partial charge in [-0.1, -0.05) is 0 Å². The van der Waals surface area contributed by atoms with E-state index in [1.807, 2.05) is 7.05 Å². The summed E-state index contributed by atoms with van der Waals surface area (Å²) in [6.07, 6.45) is 4.37. The zero-order chi connectivity index (χ0) is 15.3. The molecule has 22 heavy (non-hydrogen) atoms. The Hall–Kier alpha value is -2.71. The maximum atomic E-state index is 12.0. The van der Waals surface area contributed by atoms with E-state index in [1.165, 1.54) is 6.33 Å². The molecular weight excluding hydrogens is 286 g/mol. The van der Waals surface area contributed by atoms with Crippen LogP contribution in [0.3, 0.4) is 0 Å². The van der Waals surface area contributed by atoms with Gasteiger partial charge in [-0.3, -0.25) is 14.8 Å². The number of carbonyl (C=O) groups excluding carboxylic acids is 2. The molecule has 2 aliphatic rings. The molecule has 0 unspecified atom stereocenters. The van der Waals surface area contributed by atoms with Gasteiger partial charge in [0.15, 0.2) is 5.65 Å². The molecule has 0 saturated carbocycles. The van der Waals surface area contributed by atoms with E-state index in [1.54, 1.807) is 10.9 Å². The maximum absolute atomic E-state index is 12.0. The Morgan fingerprint density at radius 2 is 2.00 bits per heavy atom. The molecule has 2 aliphatic heterocycles. The van der Waals surface area contributed by atoms with Crippen LogP contribution in [0.25, 0.3) is 11.0 Å². The molecule has 3 amide bonds. The summed E-state index contributed by atoms with van der Waals surface area (Å²) in [5.74, 6) is 0.587. The Morgan fingerprint density at radius 3 is 2.68 bits per heavy atom. The van der Waals surface area contributed by atoms with Gasteiger partial charge in [-0.05, 0) is 12.8 Å². The topological polar surface area (TPSA) is 105 Å². The van der Waals surface area contributed by atoms with Crippen LogP contribution in [0.1, 0.15) is 12.8 Å². The second-order valence-electron chi connectivity index (χ2n) is 5.68. The number of imide groups is 1. The molecule has 0 aromatic carbocycles. The summed E-state index contributed by atoms with van der Waals surface area (Å²) in [6.45, 7) is 1.27. The van der Waals surface area contributed by atoms with Gasteiger partial charge in [-0.25, -0.2) is 14.8 Å². The van der Waals surface area contributed by atoms with Crippen molar-refractivity contribution < 1.29 is 9.59 Å². The first-order chi connectivity index (χ1) is 10.6. The van der Waals surface area contributed by atoms with Gasteiger partial charge in [0.2, 0.25) is 0 Å². The van der Waals surface area contributed by atoms with E-state index in [0.717, 1.165) is 16.9 Å².